The number of nitrogen functional groups attached to an aromatic ring is 1. The van der Waals surface area contributed by atoms with Crippen molar-refractivity contribution in [2.75, 3.05) is 5.73 Å². The van der Waals surface area contributed by atoms with Gasteiger partial charge in [0.15, 0.2) is 0 Å². The van der Waals surface area contributed by atoms with Crippen molar-refractivity contribution in [1.82, 2.24) is 10.1 Å². The highest BCUT2D eigenvalue weighted by Crippen LogP contribution is 2.27. The van der Waals surface area contributed by atoms with Crippen molar-refractivity contribution in [1.29, 1.82) is 0 Å². The molecule has 0 aliphatic heterocycles. The highest BCUT2D eigenvalue weighted by molar-refractivity contribution is 9.10. The van der Waals surface area contributed by atoms with Crippen LogP contribution in [0.5, 0.6) is 0 Å². The Bertz CT molecular complexity index is 745. The van der Waals surface area contributed by atoms with Crippen LogP contribution in [-0.4, -0.2) is 10.1 Å². The molecular weight excluding hydrogens is 330 g/mol. The van der Waals surface area contributed by atoms with Crippen molar-refractivity contribution >= 4 is 21.6 Å². The van der Waals surface area contributed by atoms with Crippen molar-refractivity contribution < 1.29 is 4.52 Å². The molecule has 5 heteroatoms. The Kier molecular flexibility index (Phi) is 3.51. The van der Waals surface area contributed by atoms with E-state index in [-0.39, 0.29) is 0 Å². The topological polar surface area (TPSA) is 64.9 Å². The van der Waals surface area contributed by atoms with Crippen LogP contribution in [0, 0.1) is 13.8 Å². The van der Waals surface area contributed by atoms with Crippen LogP contribution in [0.3, 0.4) is 0 Å². The van der Waals surface area contributed by atoms with Gasteiger partial charge in [0.2, 0.25) is 5.82 Å². The van der Waals surface area contributed by atoms with Crippen LogP contribution in [0.2, 0.25) is 0 Å². The third-order valence-electron chi connectivity index (χ3n) is 3.37. The van der Waals surface area contributed by atoms with E-state index in [0.29, 0.717) is 11.7 Å². The summed E-state index contributed by atoms with van der Waals surface area (Å²) >= 11 is 3.51. The largest absolute Gasteiger partial charge is 0.399 e. The van der Waals surface area contributed by atoms with Gasteiger partial charge in [-0.05, 0) is 49.2 Å². The second-order valence-electron chi connectivity index (χ2n) is 4.96. The zero-order valence-corrected chi connectivity index (χ0v) is 13.3. The van der Waals surface area contributed by atoms with Gasteiger partial charge >= 0.3 is 0 Å². The van der Waals surface area contributed by atoms with Crippen molar-refractivity contribution in [3.8, 4) is 22.8 Å². The van der Waals surface area contributed by atoms with Crippen molar-refractivity contribution in [2.45, 2.75) is 13.8 Å². The number of halogens is 1. The van der Waals surface area contributed by atoms with E-state index in [9.17, 15) is 0 Å². The minimum atomic E-state index is 0.491. The Labute approximate surface area is 131 Å². The number of rotatable bonds is 2. The average molecular weight is 344 g/mol. The molecule has 2 aromatic carbocycles. The Morgan fingerprint density at radius 2 is 1.76 bits per heavy atom. The maximum Gasteiger partial charge on any atom is 0.258 e. The lowest BCUT2D eigenvalue weighted by Crippen LogP contribution is -1.89. The number of nitrogens with zero attached hydrogens (tertiary/aromatic N) is 2. The van der Waals surface area contributed by atoms with Crippen molar-refractivity contribution in [2.24, 2.45) is 0 Å². The summed E-state index contributed by atoms with van der Waals surface area (Å²) in [7, 11) is 0. The first-order valence-corrected chi connectivity index (χ1v) is 7.30. The molecule has 0 bridgehead atoms. The molecule has 2 N–H and O–H groups in total. The smallest absolute Gasteiger partial charge is 0.258 e. The first-order chi connectivity index (χ1) is 10.0. The van der Waals surface area contributed by atoms with Gasteiger partial charge in [0, 0.05) is 21.3 Å². The molecule has 106 valence electrons. The third-order valence-corrected chi connectivity index (χ3v) is 4.23. The van der Waals surface area contributed by atoms with Crippen LogP contribution in [0.1, 0.15) is 11.1 Å². The molecule has 0 aliphatic rings. The highest BCUT2D eigenvalue weighted by Gasteiger charge is 2.12. The second kappa shape index (κ2) is 5.33. The molecule has 0 saturated carbocycles. The zero-order chi connectivity index (χ0) is 15.0. The molecule has 3 aromatic rings. The van der Waals surface area contributed by atoms with Crippen LogP contribution in [0.4, 0.5) is 5.69 Å². The monoisotopic (exact) mass is 343 g/mol. The van der Waals surface area contributed by atoms with Gasteiger partial charge in [0.25, 0.3) is 5.89 Å². The predicted molar refractivity (Wildman–Crippen MR) is 86.8 cm³/mol. The molecule has 0 radical (unpaired) electrons. The van der Waals surface area contributed by atoms with Crippen LogP contribution in [0.25, 0.3) is 22.8 Å². The Morgan fingerprint density at radius 1 is 1.00 bits per heavy atom. The van der Waals surface area contributed by atoms with E-state index in [1.54, 1.807) is 0 Å². The van der Waals surface area contributed by atoms with E-state index in [1.807, 2.05) is 50.2 Å². The molecule has 4 nitrogen and oxygen atoms in total. The second-order valence-corrected chi connectivity index (χ2v) is 5.81. The molecule has 0 saturated heterocycles. The summed E-state index contributed by atoms with van der Waals surface area (Å²) in [6, 6.07) is 11.6. The molecule has 0 spiro atoms. The fraction of sp³-hybridized carbons (Fsp3) is 0.125. The summed E-state index contributed by atoms with van der Waals surface area (Å²) in [4.78, 5) is 4.45. The molecule has 0 unspecified atom stereocenters. The molecule has 0 amide bonds. The maximum atomic E-state index is 5.82. The lowest BCUT2D eigenvalue weighted by atomic mass is 10.1. The molecule has 3 rings (SSSR count). The van der Waals surface area contributed by atoms with E-state index in [0.717, 1.165) is 32.4 Å². The van der Waals surface area contributed by atoms with Crippen LogP contribution in [0.15, 0.2) is 45.4 Å². The Morgan fingerprint density at radius 3 is 2.48 bits per heavy atom. The number of aryl methyl sites for hydroxylation is 2. The van der Waals surface area contributed by atoms with Gasteiger partial charge in [-0.2, -0.15) is 4.98 Å². The number of nitrogens with two attached hydrogens (primary N) is 1. The quantitative estimate of drug-likeness (QED) is 0.702. The number of hydrogen-bond acceptors (Lipinski definition) is 4. The number of benzene rings is 2. The van der Waals surface area contributed by atoms with Gasteiger partial charge in [-0.3, -0.25) is 0 Å². The van der Waals surface area contributed by atoms with E-state index in [2.05, 4.69) is 26.1 Å². The first-order valence-electron chi connectivity index (χ1n) is 6.51. The van der Waals surface area contributed by atoms with Gasteiger partial charge in [0.05, 0.1) is 0 Å². The van der Waals surface area contributed by atoms with E-state index in [1.165, 1.54) is 0 Å². The molecule has 21 heavy (non-hydrogen) atoms. The van der Waals surface area contributed by atoms with Gasteiger partial charge in [-0.15, -0.1) is 0 Å². The minimum absolute atomic E-state index is 0.491. The molecule has 1 aromatic heterocycles. The fourth-order valence-electron chi connectivity index (χ4n) is 2.00. The fourth-order valence-corrected chi connectivity index (χ4v) is 2.38. The van der Waals surface area contributed by atoms with Crippen LogP contribution < -0.4 is 5.73 Å². The van der Waals surface area contributed by atoms with Crippen molar-refractivity contribution in [3.05, 3.63) is 52.0 Å². The lowest BCUT2D eigenvalue weighted by Gasteiger charge is -2.00. The molecule has 0 atom stereocenters. The first kappa shape index (κ1) is 13.8. The summed E-state index contributed by atoms with van der Waals surface area (Å²) in [5.74, 6) is 1.06. The van der Waals surface area contributed by atoms with Gasteiger partial charge in [0.1, 0.15) is 0 Å². The Hall–Kier alpha value is -2.14. The minimum Gasteiger partial charge on any atom is -0.399 e. The van der Waals surface area contributed by atoms with Gasteiger partial charge < -0.3 is 10.3 Å². The lowest BCUT2D eigenvalue weighted by molar-refractivity contribution is 0.432. The molecule has 0 fully saturated rings. The SMILES string of the molecule is Cc1cc(-c2nc(-c3ccc(C)c(Br)c3)no2)ccc1N. The van der Waals surface area contributed by atoms with E-state index < -0.39 is 0 Å². The van der Waals surface area contributed by atoms with E-state index >= 15 is 0 Å². The van der Waals surface area contributed by atoms with Crippen molar-refractivity contribution in [3.63, 3.8) is 0 Å². The van der Waals surface area contributed by atoms with Crippen LogP contribution >= 0.6 is 15.9 Å². The molecule has 0 aliphatic carbocycles. The van der Waals surface area contributed by atoms with Gasteiger partial charge in [-0.1, -0.05) is 33.2 Å². The summed E-state index contributed by atoms with van der Waals surface area (Å²) in [5.41, 5.74) is 10.5. The number of hydrogen-bond donors (Lipinski definition) is 1. The molecule has 1 heterocycles. The zero-order valence-electron chi connectivity index (χ0n) is 11.7. The summed E-state index contributed by atoms with van der Waals surface area (Å²) in [6.07, 6.45) is 0. The highest BCUT2D eigenvalue weighted by atomic mass is 79.9. The van der Waals surface area contributed by atoms with Gasteiger partial charge in [-0.25, -0.2) is 0 Å². The number of anilines is 1. The standard InChI is InChI=1S/C16H14BrN3O/c1-9-3-4-11(8-13(9)17)15-19-16(21-20-15)12-5-6-14(18)10(2)7-12/h3-8H,18H2,1-2H3. The molecular formula is C16H14BrN3O. The Balaban J connectivity index is 1.99. The predicted octanol–water partition coefficient (Wildman–Crippen LogP) is 4.37. The number of aromatic nitrogens is 2. The average Bonchev–Trinajstić information content (AvgIpc) is 2.94. The maximum absolute atomic E-state index is 5.82. The van der Waals surface area contributed by atoms with E-state index in [4.69, 9.17) is 10.3 Å². The summed E-state index contributed by atoms with van der Waals surface area (Å²) in [5, 5.41) is 4.05. The summed E-state index contributed by atoms with van der Waals surface area (Å²) in [6.45, 7) is 3.99. The third kappa shape index (κ3) is 2.69. The normalized spacial score (nSPS) is 10.8. The van der Waals surface area contributed by atoms with Crippen LogP contribution in [-0.2, 0) is 0 Å². The summed E-state index contributed by atoms with van der Waals surface area (Å²) < 4.78 is 6.38.